The van der Waals surface area contributed by atoms with E-state index in [1.807, 2.05) is 4.90 Å². The molecule has 1 atom stereocenters. The van der Waals surface area contributed by atoms with E-state index in [-0.39, 0.29) is 17.9 Å². The molecule has 136 valence electrons. The Morgan fingerprint density at radius 1 is 0.960 bits per heavy atom. The molecular weight excluding hydrogens is 318 g/mol. The number of piperazine rings is 1. The van der Waals surface area contributed by atoms with E-state index in [1.54, 1.807) is 17.0 Å². The minimum atomic E-state index is -0.323. The van der Waals surface area contributed by atoms with Crippen LogP contribution in [0.15, 0.2) is 22.8 Å². The van der Waals surface area contributed by atoms with Crippen molar-refractivity contribution in [3.8, 4) is 0 Å². The molecular formula is C19H27N3O3. The molecule has 3 aliphatic rings. The van der Waals surface area contributed by atoms with Gasteiger partial charge in [0.1, 0.15) is 6.04 Å². The summed E-state index contributed by atoms with van der Waals surface area (Å²) in [6, 6.07) is 3.78. The zero-order valence-electron chi connectivity index (χ0n) is 14.7. The maximum atomic E-state index is 13.0. The molecule has 1 aliphatic carbocycles. The third-order valence-electron chi connectivity index (χ3n) is 6.00. The number of carbonyl (C=O) groups is 2. The van der Waals surface area contributed by atoms with Crippen LogP contribution in [0.25, 0.3) is 0 Å². The molecule has 25 heavy (non-hydrogen) atoms. The van der Waals surface area contributed by atoms with Crippen LogP contribution < -0.4 is 0 Å². The van der Waals surface area contributed by atoms with Crippen LogP contribution in [-0.4, -0.2) is 71.3 Å². The molecule has 3 fully saturated rings. The SMILES string of the molecule is O=C(C1CCCN1C(=O)c1ccco1)N1CCN(C2CCCC2)CC1. The minimum Gasteiger partial charge on any atom is -0.459 e. The summed E-state index contributed by atoms with van der Waals surface area (Å²) in [6.45, 7) is 4.14. The molecule has 3 heterocycles. The third-order valence-corrected chi connectivity index (χ3v) is 6.00. The summed E-state index contributed by atoms with van der Waals surface area (Å²) >= 11 is 0. The molecule has 2 saturated heterocycles. The third kappa shape index (κ3) is 3.32. The molecule has 0 bridgehead atoms. The molecule has 0 N–H and O–H groups in total. The van der Waals surface area contributed by atoms with Crippen molar-refractivity contribution < 1.29 is 14.0 Å². The molecule has 2 amide bonds. The molecule has 0 aromatic carbocycles. The minimum absolute atomic E-state index is 0.114. The molecule has 1 saturated carbocycles. The first kappa shape index (κ1) is 16.6. The summed E-state index contributed by atoms with van der Waals surface area (Å²) in [5.41, 5.74) is 0. The van der Waals surface area contributed by atoms with Crippen LogP contribution in [-0.2, 0) is 4.79 Å². The van der Waals surface area contributed by atoms with Gasteiger partial charge in [-0.15, -0.1) is 0 Å². The zero-order valence-corrected chi connectivity index (χ0v) is 14.7. The van der Waals surface area contributed by atoms with Gasteiger partial charge in [-0.3, -0.25) is 14.5 Å². The van der Waals surface area contributed by atoms with Crippen LogP contribution in [0.2, 0.25) is 0 Å². The smallest absolute Gasteiger partial charge is 0.290 e. The van der Waals surface area contributed by atoms with Crippen molar-refractivity contribution in [3.63, 3.8) is 0 Å². The van der Waals surface area contributed by atoms with Crippen molar-refractivity contribution in [2.45, 2.75) is 50.6 Å². The summed E-state index contributed by atoms with van der Waals surface area (Å²) in [5, 5.41) is 0. The lowest BCUT2D eigenvalue weighted by Crippen LogP contribution is -2.55. The number of hydrogen-bond donors (Lipinski definition) is 0. The Labute approximate surface area is 148 Å². The van der Waals surface area contributed by atoms with Crippen LogP contribution >= 0.6 is 0 Å². The Hall–Kier alpha value is -1.82. The molecule has 4 rings (SSSR count). The van der Waals surface area contributed by atoms with Gasteiger partial charge < -0.3 is 14.2 Å². The highest BCUT2D eigenvalue weighted by Crippen LogP contribution is 2.26. The Balaban J connectivity index is 1.36. The van der Waals surface area contributed by atoms with Gasteiger partial charge in [0.05, 0.1) is 6.26 Å². The number of furan rings is 1. The largest absolute Gasteiger partial charge is 0.459 e. The van der Waals surface area contributed by atoms with Crippen molar-refractivity contribution in [2.24, 2.45) is 0 Å². The number of nitrogens with zero attached hydrogens (tertiary/aromatic N) is 3. The molecule has 6 nitrogen and oxygen atoms in total. The van der Waals surface area contributed by atoms with Crippen molar-refractivity contribution in [1.29, 1.82) is 0 Å². The van der Waals surface area contributed by atoms with Gasteiger partial charge in [-0.1, -0.05) is 12.8 Å². The lowest BCUT2D eigenvalue weighted by Gasteiger charge is -2.39. The number of carbonyl (C=O) groups excluding carboxylic acids is 2. The van der Waals surface area contributed by atoms with E-state index in [0.717, 1.165) is 45.1 Å². The lowest BCUT2D eigenvalue weighted by atomic mass is 10.1. The Morgan fingerprint density at radius 3 is 2.40 bits per heavy atom. The van der Waals surface area contributed by atoms with E-state index in [4.69, 9.17) is 4.42 Å². The number of rotatable bonds is 3. The summed E-state index contributed by atoms with van der Waals surface area (Å²) in [4.78, 5) is 31.8. The fourth-order valence-corrected chi connectivity index (χ4v) is 4.60. The first-order chi connectivity index (χ1) is 12.2. The molecule has 1 aromatic rings. The first-order valence-corrected chi connectivity index (χ1v) is 9.61. The Bertz CT molecular complexity index is 601. The normalized spacial score (nSPS) is 25.7. The second kappa shape index (κ2) is 7.20. The highest BCUT2D eigenvalue weighted by atomic mass is 16.3. The van der Waals surface area contributed by atoms with Crippen molar-refractivity contribution in [1.82, 2.24) is 14.7 Å². The maximum Gasteiger partial charge on any atom is 0.290 e. The van der Waals surface area contributed by atoms with Gasteiger partial charge in [-0.2, -0.15) is 0 Å². The fourth-order valence-electron chi connectivity index (χ4n) is 4.60. The van der Waals surface area contributed by atoms with Crippen LogP contribution in [0.1, 0.15) is 49.1 Å². The number of hydrogen-bond acceptors (Lipinski definition) is 4. The number of likely N-dealkylation sites (tertiary alicyclic amines) is 1. The topological polar surface area (TPSA) is 57.0 Å². The quantitative estimate of drug-likeness (QED) is 0.840. The molecule has 1 unspecified atom stereocenters. The van der Waals surface area contributed by atoms with Gasteiger partial charge in [0, 0.05) is 38.8 Å². The Kier molecular flexibility index (Phi) is 4.79. The molecule has 0 spiro atoms. The van der Waals surface area contributed by atoms with E-state index in [0.29, 0.717) is 12.3 Å². The average molecular weight is 345 g/mol. The summed E-state index contributed by atoms with van der Waals surface area (Å²) in [7, 11) is 0. The standard InChI is InChI=1S/C19H27N3O3/c23-18(21-12-10-20(11-13-21)15-5-1-2-6-15)16-7-3-9-22(16)19(24)17-8-4-14-25-17/h4,8,14-16H,1-3,5-7,9-13H2. The van der Waals surface area contributed by atoms with Gasteiger partial charge in [-0.25, -0.2) is 0 Å². The average Bonchev–Trinajstić information content (AvgIpc) is 3.43. The second-order valence-corrected chi connectivity index (χ2v) is 7.43. The maximum absolute atomic E-state index is 13.0. The van der Waals surface area contributed by atoms with E-state index >= 15 is 0 Å². The summed E-state index contributed by atoms with van der Waals surface area (Å²) < 4.78 is 5.23. The monoisotopic (exact) mass is 345 g/mol. The van der Waals surface area contributed by atoms with Crippen molar-refractivity contribution in [2.75, 3.05) is 32.7 Å². The van der Waals surface area contributed by atoms with Crippen LogP contribution in [0.5, 0.6) is 0 Å². The van der Waals surface area contributed by atoms with E-state index in [1.165, 1.54) is 31.9 Å². The van der Waals surface area contributed by atoms with Crippen LogP contribution in [0.4, 0.5) is 0 Å². The molecule has 1 aromatic heterocycles. The van der Waals surface area contributed by atoms with Gasteiger partial charge in [0.25, 0.3) is 5.91 Å². The summed E-state index contributed by atoms with van der Waals surface area (Å²) in [5.74, 6) is 0.277. The van der Waals surface area contributed by atoms with Crippen LogP contribution in [0, 0.1) is 0 Å². The predicted molar refractivity (Wildman–Crippen MR) is 93.2 cm³/mol. The van der Waals surface area contributed by atoms with Crippen LogP contribution in [0.3, 0.4) is 0 Å². The van der Waals surface area contributed by atoms with E-state index in [9.17, 15) is 9.59 Å². The zero-order chi connectivity index (χ0) is 17.2. The first-order valence-electron chi connectivity index (χ1n) is 9.61. The van der Waals surface area contributed by atoms with Crippen molar-refractivity contribution >= 4 is 11.8 Å². The predicted octanol–water partition coefficient (Wildman–Crippen LogP) is 1.97. The van der Waals surface area contributed by atoms with Crippen molar-refractivity contribution in [3.05, 3.63) is 24.2 Å². The van der Waals surface area contributed by atoms with E-state index in [2.05, 4.69) is 4.90 Å². The highest BCUT2D eigenvalue weighted by molar-refractivity contribution is 5.96. The fraction of sp³-hybridized carbons (Fsp3) is 0.684. The molecule has 2 aliphatic heterocycles. The molecule has 6 heteroatoms. The van der Waals surface area contributed by atoms with Gasteiger partial charge in [0.2, 0.25) is 5.91 Å². The summed E-state index contributed by atoms with van der Waals surface area (Å²) in [6.07, 6.45) is 8.44. The van der Waals surface area contributed by atoms with Gasteiger partial charge >= 0.3 is 0 Å². The Morgan fingerprint density at radius 2 is 1.72 bits per heavy atom. The van der Waals surface area contributed by atoms with Gasteiger partial charge in [-0.05, 0) is 37.8 Å². The van der Waals surface area contributed by atoms with Gasteiger partial charge in [0.15, 0.2) is 5.76 Å². The lowest BCUT2D eigenvalue weighted by molar-refractivity contribution is -0.137. The highest BCUT2D eigenvalue weighted by Gasteiger charge is 2.39. The number of amides is 2. The molecule has 0 radical (unpaired) electrons. The van der Waals surface area contributed by atoms with E-state index < -0.39 is 0 Å². The second-order valence-electron chi connectivity index (χ2n) is 7.43.